The molecule has 2 rings (SSSR count). The van der Waals surface area contributed by atoms with Crippen LogP contribution in [0.3, 0.4) is 0 Å². The van der Waals surface area contributed by atoms with Gasteiger partial charge >= 0.3 is 0 Å². The molecule has 2 aromatic carbocycles. The first-order valence-electron chi connectivity index (χ1n) is 6.17. The molecule has 0 heterocycles. The van der Waals surface area contributed by atoms with Gasteiger partial charge in [0.25, 0.3) is 0 Å². The average molecular weight is 271 g/mol. The van der Waals surface area contributed by atoms with Crippen LogP contribution in [0, 0.1) is 0 Å². The monoisotopic (exact) mass is 271 g/mol. The zero-order valence-corrected chi connectivity index (χ0v) is 11.8. The molecule has 0 aromatic heterocycles. The van der Waals surface area contributed by atoms with Crippen molar-refractivity contribution in [2.75, 3.05) is 21.3 Å². The molecule has 0 amide bonds. The molecule has 4 nitrogen and oxygen atoms in total. The van der Waals surface area contributed by atoms with Crippen LogP contribution in [0.2, 0.25) is 0 Å². The molecule has 20 heavy (non-hydrogen) atoms. The van der Waals surface area contributed by atoms with Crippen LogP contribution < -0.4 is 14.2 Å². The first-order chi connectivity index (χ1) is 9.76. The van der Waals surface area contributed by atoms with E-state index in [-0.39, 0.29) is 0 Å². The molecule has 104 valence electrons. The normalized spacial score (nSPS) is 10.6. The zero-order chi connectivity index (χ0) is 14.4. The minimum absolute atomic E-state index is 0.699. The molecule has 0 saturated heterocycles. The highest BCUT2D eigenvalue weighted by atomic mass is 16.5. The second-order valence-corrected chi connectivity index (χ2v) is 4.07. The van der Waals surface area contributed by atoms with E-state index in [1.165, 1.54) is 0 Å². The lowest BCUT2D eigenvalue weighted by Crippen LogP contribution is -1.88. The molecule has 4 heteroatoms. The van der Waals surface area contributed by atoms with Gasteiger partial charge in [0.1, 0.15) is 22.9 Å². The first kappa shape index (κ1) is 13.9. The van der Waals surface area contributed by atoms with Gasteiger partial charge in [-0.3, -0.25) is 4.99 Å². The van der Waals surface area contributed by atoms with E-state index in [0.29, 0.717) is 5.75 Å². The first-order valence-corrected chi connectivity index (χ1v) is 6.17. The highest BCUT2D eigenvalue weighted by Gasteiger charge is 2.03. The maximum Gasteiger partial charge on any atom is 0.144 e. The molecular formula is C16H17NO3. The predicted octanol–water partition coefficient (Wildman–Crippen LogP) is 3.46. The Morgan fingerprint density at radius 1 is 0.850 bits per heavy atom. The van der Waals surface area contributed by atoms with Crippen molar-refractivity contribution in [2.24, 2.45) is 4.99 Å². The van der Waals surface area contributed by atoms with E-state index in [1.807, 2.05) is 42.5 Å². The molecule has 0 fully saturated rings. The summed E-state index contributed by atoms with van der Waals surface area (Å²) in [5, 5.41) is 0. The van der Waals surface area contributed by atoms with Gasteiger partial charge in [-0.05, 0) is 29.8 Å². The Bertz CT molecular complexity index is 608. The molecule has 0 aliphatic carbocycles. The molecule has 0 N–H and O–H groups in total. The van der Waals surface area contributed by atoms with Gasteiger partial charge in [0.2, 0.25) is 0 Å². The topological polar surface area (TPSA) is 40.0 Å². The number of ether oxygens (including phenoxy) is 3. The largest absolute Gasteiger partial charge is 0.497 e. The summed E-state index contributed by atoms with van der Waals surface area (Å²) in [6, 6.07) is 13.2. The van der Waals surface area contributed by atoms with E-state index in [9.17, 15) is 0 Å². The Morgan fingerprint density at radius 2 is 1.60 bits per heavy atom. The molecule has 0 aliphatic heterocycles. The molecule has 0 spiro atoms. The van der Waals surface area contributed by atoms with E-state index in [2.05, 4.69) is 4.99 Å². The van der Waals surface area contributed by atoms with E-state index in [1.54, 1.807) is 27.5 Å². The van der Waals surface area contributed by atoms with Crippen LogP contribution >= 0.6 is 0 Å². The average Bonchev–Trinajstić information content (AvgIpc) is 2.52. The Labute approximate surface area is 118 Å². The summed E-state index contributed by atoms with van der Waals surface area (Å²) in [6.45, 7) is 0. The minimum Gasteiger partial charge on any atom is -0.497 e. The summed E-state index contributed by atoms with van der Waals surface area (Å²) in [4.78, 5) is 4.45. The number of benzene rings is 2. The van der Waals surface area contributed by atoms with Gasteiger partial charge in [0, 0.05) is 12.3 Å². The molecular weight excluding hydrogens is 254 g/mol. The van der Waals surface area contributed by atoms with Crippen LogP contribution in [0.1, 0.15) is 5.56 Å². The van der Waals surface area contributed by atoms with Crippen molar-refractivity contribution in [3.05, 3.63) is 48.0 Å². The predicted molar refractivity (Wildman–Crippen MR) is 79.8 cm³/mol. The Morgan fingerprint density at radius 3 is 2.30 bits per heavy atom. The van der Waals surface area contributed by atoms with Crippen LogP contribution in [0.5, 0.6) is 17.2 Å². The fourth-order valence-electron chi connectivity index (χ4n) is 1.76. The van der Waals surface area contributed by atoms with Gasteiger partial charge < -0.3 is 14.2 Å². The third-order valence-electron chi connectivity index (χ3n) is 2.83. The molecule has 0 aliphatic rings. The molecule has 0 radical (unpaired) electrons. The summed E-state index contributed by atoms with van der Waals surface area (Å²) in [7, 11) is 4.88. The van der Waals surface area contributed by atoms with Crippen LogP contribution in [0.15, 0.2) is 47.5 Å². The van der Waals surface area contributed by atoms with E-state index >= 15 is 0 Å². The maximum absolute atomic E-state index is 5.28. The summed E-state index contributed by atoms with van der Waals surface area (Å²) in [5.41, 5.74) is 1.67. The number of hydrogen-bond donors (Lipinski definition) is 0. The summed E-state index contributed by atoms with van der Waals surface area (Å²) in [5.74, 6) is 2.24. The van der Waals surface area contributed by atoms with E-state index in [0.717, 1.165) is 22.7 Å². The molecule has 0 bridgehead atoms. The van der Waals surface area contributed by atoms with Gasteiger partial charge in [-0.25, -0.2) is 0 Å². The SMILES string of the molecule is COc1cccc(C=Nc2cc(OC)ccc2OC)c1. The van der Waals surface area contributed by atoms with Crippen LogP contribution in [-0.4, -0.2) is 27.5 Å². The van der Waals surface area contributed by atoms with Crippen molar-refractivity contribution in [2.45, 2.75) is 0 Å². The van der Waals surface area contributed by atoms with Crippen molar-refractivity contribution < 1.29 is 14.2 Å². The summed E-state index contributed by atoms with van der Waals surface area (Å²) >= 11 is 0. The smallest absolute Gasteiger partial charge is 0.144 e. The molecule has 0 unspecified atom stereocenters. The van der Waals surface area contributed by atoms with Gasteiger partial charge in [-0.15, -0.1) is 0 Å². The van der Waals surface area contributed by atoms with Crippen molar-refractivity contribution in [1.29, 1.82) is 0 Å². The minimum atomic E-state index is 0.699. The van der Waals surface area contributed by atoms with Crippen molar-refractivity contribution in [3.63, 3.8) is 0 Å². The summed E-state index contributed by atoms with van der Waals surface area (Å²) < 4.78 is 15.7. The fourth-order valence-corrected chi connectivity index (χ4v) is 1.76. The molecule has 0 saturated carbocycles. The Balaban J connectivity index is 2.29. The van der Waals surface area contributed by atoms with Crippen molar-refractivity contribution in [1.82, 2.24) is 0 Å². The third-order valence-corrected chi connectivity index (χ3v) is 2.83. The van der Waals surface area contributed by atoms with Crippen molar-refractivity contribution >= 4 is 11.9 Å². The maximum atomic E-state index is 5.28. The fraction of sp³-hybridized carbons (Fsp3) is 0.188. The third kappa shape index (κ3) is 3.29. The number of methoxy groups -OCH3 is 3. The number of rotatable bonds is 5. The number of nitrogens with zero attached hydrogens (tertiary/aromatic N) is 1. The standard InChI is InChI=1S/C16H17NO3/c1-18-13-6-4-5-12(9-13)11-17-15-10-14(19-2)7-8-16(15)20-3/h4-11H,1-3H3. The molecule has 0 atom stereocenters. The Hall–Kier alpha value is -2.49. The van der Waals surface area contributed by atoms with Gasteiger partial charge in [0.05, 0.1) is 21.3 Å². The van der Waals surface area contributed by atoms with Crippen molar-refractivity contribution in [3.8, 4) is 17.2 Å². The number of aliphatic imine (C=N–C) groups is 1. The lowest BCUT2D eigenvalue weighted by atomic mass is 10.2. The highest BCUT2D eigenvalue weighted by Crippen LogP contribution is 2.31. The van der Waals surface area contributed by atoms with Crippen LogP contribution in [0.4, 0.5) is 5.69 Å². The lowest BCUT2D eigenvalue weighted by Gasteiger charge is -2.06. The summed E-state index contributed by atoms with van der Waals surface area (Å²) in [6.07, 6.45) is 1.76. The van der Waals surface area contributed by atoms with E-state index in [4.69, 9.17) is 14.2 Å². The van der Waals surface area contributed by atoms with Crippen LogP contribution in [0.25, 0.3) is 0 Å². The lowest BCUT2D eigenvalue weighted by molar-refractivity contribution is 0.404. The highest BCUT2D eigenvalue weighted by molar-refractivity contribution is 5.83. The van der Waals surface area contributed by atoms with Crippen LogP contribution in [-0.2, 0) is 0 Å². The zero-order valence-electron chi connectivity index (χ0n) is 11.8. The second kappa shape index (κ2) is 6.61. The molecule has 2 aromatic rings. The van der Waals surface area contributed by atoms with Gasteiger partial charge in [0.15, 0.2) is 0 Å². The van der Waals surface area contributed by atoms with Gasteiger partial charge in [-0.2, -0.15) is 0 Å². The van der Waals surface area contributed by atoms with E-state index < -0.39 is 0 Å². The quantitative estimate of drug-likeness (QED) is 0.782. The Kier molecular flexibility index (Phi) is 4.60. The van der Waals surface area contributed by atoms with Gasteiger partial charge in [-0.1, -0.05) is 12.1 Å². The number of hydrogen-bond acceptors (Lipinski definition) is 4. The second-order valence-electron chi connectivity index (χ2n) is 4.07.